The van der Waals surface area contributed by atoms with E-state index in [1.807, 2.05) is 6.92 Å². The van der Waals surface area contributed by atoms with Crippen LogP contribution in [0.5, 0.6) is 17.4 Å². The predicted octanol–water partition coefficient (Wildman–Crippen LogP) is 2.87. The quantitative estimate of drug-likeness (QED) is 0.900. The summed E-state index contributed by atoms with van der Waals surface area (Å²) in [6.45, 7) is 2.74. The van der Waals surface area contributed by atoms with E-state index in [1.54, 1.807) is 18.2 Å². The van der Waals surface area contributed by atoms with E-state index in [0.717, 1.165) is 5.56 Å². The van der Waals surface area contributed by atoms with Crippen LogP contribution in [0.2, 0.25) is 0 Å². The van der Waals surface area contributed by atoms with E-state index in [2.05, 4.69) is 4.98 Å². The molecule has 100 valence electrons. The normalized spacial score (nSPS) is 10.3. The van der Waals surface area contributed by atoms with Gasteiger partial charge in [-0.2, -0.15) is 0 Å². The number of rotatable bonds is 5. The van der Waals surface area contributed by atoms with Crippen molar-refractivity contribution in [3.8, 4) is 17.4 Å². The minimum Gasteiger partial charge on any atom is -0.490 e. The first kappa shape index (κ1) is 13.3. The molecule has 1 aromatic carbocycles. The number of aromatic nitrogens is 1. The van der Waals surface area contributed by atoms with Crippen LogP contribution in [-0.2, 0) is 6.54 Å². The van der Waals surface area contributed by atoms with Crippen LogP contribution >= 0.6 is 0 Å². The molecule has 0 saturated carbocycles. The topological polar surface area (TPSA) is 57.4 Å². The lowest BCUT2D eigenvalue weighted by atomic mass is 10.2. The van der Waals surface area contributed by atoms with Crippen molar-refractivity contribution < 1.29 is 13.9 Å². The van der Waals surface area contributed by atoms with Crippen LogP contribution in [0.4, 0.5) is 4.39 Å². The monoisotopic (exact) mass is 262 g/mol. The highest BCUT2D eigenvalue weighted by Crippen LogP contribution is 2.32. The van der Waals surface area contributed by atoms with Crippen LogP contribution in [0.15, 0.2) is 36.5 Å². The van der Waals surface area contributed by atoms with E-state index < -0.39 is 5.82 Å². The zero-order valence-electron chi connectivity index (χ0n) is 10.6. The summed E-state index contributed by atoms with van der Waals surface area (Å²) in [7, 11) is 0. The molecule has 0 atom stereocenters. The van der Waals surface area contributed by atoms with Gasteiger partial charge in [0.25, 0.3) is 5.88 Å². The second-order valence-electron chi connectivity index (χ2n) is 3.81. The molecule has 0 fully saturated rings. The van der Waals surface area contributed by atoms with Gasteiger partial charge in [0, 0.05) is 12.7 Å². The van der Waals surface area contributed by atoms with Crippen molar-refractivity contribution in [2.75, 3.05) is 6.61 Å². The SMILES string of the molecule is CCOc1cc(CN)ccc1Oc1ncccc1F. The van der Waals surface area contributed by atoms with Crippen LogP contribution < -0.4 is 15.2 Å². The molecule has 0 saturated heterocycles. The maximum Gasteiger partial charge on any atom is 0.255 e. The molecule has 0 amide bonds. The maximum absolute atomic E-state index is 13.5. The zero-order chi connectivity index (χ0) is 13.7. The summed E-state index contributed by atoms with van der Waals surface area (Å²) >= 11 is 0. The molecule has 2 aromatic rings. The summed E-state index contributed by atoms with van der Waals surface area (Å²) in [5, 5.41) is 0. The summed E-state index contributed by atoms with van der Waals surface area (Å²) in [4.78, 5) is 3.84. The first-order chi connectivity index (χ1) is 9.24. The second kappa shape index (κ2) is 6.15. The van der Waals surface area contributed by atoms with Crippen molar-refractivity contribution in [3.05, 3.63) is 47.9 Å². The summed E-state index contributed by atoms with van der Waals surface area (Å²) in [6.07, 6.45) is 1.47. The average Bonchev–Trinajstić information content (AvgIpc) is 2.43. The van der Waals surface area contributed by atoms with E-state index in [1.165, 1.54) is 18.3 Å². The number of pyridine rings is 1. The standard InChI is InChI=1S/C14H15FN2O2/c1-2-18-13-8-10(9-16)5-6-12(13)19-14-11(15)4-3-7-17-14/h3-8H,2,9,16H2,1H3. The van der Waals surface area contributed by atoms with E-state index in [-0.39, 0.29) is 5.88 Å². The van der Waals surface area contributed by atoms with E-state index in [4.69, 9.17) is 15.2 Å². The van der Waals surface area contributed by atoms with Gasteiger partial charge in [-0.3, -0.25) is 0 Å². The van der Waals surface area contributed by atoms with Gasteiger partial charge in [0.05, 0.1) is 6.61 Å². The third kappa shape index (κ3) is 3.20. The van der Waals surface area contributed by atoms with Crippen molar-refractivity contribution in [2.45, 2.75) is 13.5 Å². The lowest BCUT2D eigenvalue weighted by Crippen LogP contribution is -2.00. The van der Waals surface area contributed by atoms with Gasteiger partial charge in [-0.05, 0) is 36.8 Å². The van der Waals surface area contributed by atoms with Crippen LogP contribution in [0.3, 0.4) is 0 Å². The molecule has 0 aliphatic rings. The molecule has 0 aliphatic heterocycles. The molecule has 19 heavy (non-hydrogen) atoms. The predicted molar refractivity (Wildman–Crippen MR) is 69.8 cm³/mol. The zero-order valence-corrected chi connectivity index (χ0v) is 10.6. The smallest absolute Gasteiger partial charge is 0.255 e. The highest BCUT2D eigenvalue weighted by atomic mass is 19.1. The highest BCUT2D eigenvalue weighted by molar-refractivity contribution is 5.44. The van der Waals surface area contributed by atoms with Gasteiger partial charge in [0.2, 0.25) is 0 Å². The van der Waals surface area contributed by atoms with Crippen molar-refractivity contribution >= 4 is 0 Å². The first-order valence-corrected chi connectivity index (χ1v) is 5.98. The molecule has 2 rings (SSSR count). The van der Waals surface area contributed by atoms with E-state index >= 15 is 0 Å². The Kier molecular flexibility index (Phi) is 4.30. The van der Waals surface area contributed by atoms with Crippen molar-refractivity contribution in [2.24, 2.45) is 5.73 Å². The molecule has 1 aromatic heterocycles. The Labute approximate surface area is 111 Å². The van der Waals surface area contributed by atoms with Crippen LogP contribution in [0.25, 0.3) is 0 Å². The maximum atomic E-state index is 13.5. The van der Waals surface area contributed by atoms with Crippen LogP contribution in [-0.4, -0.2) is 11.6 Å². The largest absolute Gasteiger partial charge is 0.490 e. The first-order valence-electron chi connectivity index (χ1n) is 5.98. The molecular formula is C14H15FN2O2. The second-order valence-corrected chi connectivity index (χ2v) is 3.81. The minimum absolute atomic E-state index is 0.0797. The third-order valence-electron chi connectivity index (χ3n) is 2.48. The van der Waals surface area contributed by atoms with Gasteiger partial charge in [-0.1, -0.05) is 6.07 Å². The van der Waals surface area contributed by atoms with Crippen LogP contribution in [0, 0.1) is 5.82 Å². The van der Waals surface area contributed by atoms with Gasteiger partial charge in [0.15, 0.2) is 17.3 Å². The lowest BCUT2D eigenvalue weighted by molar-refractivity contribution is 0.315. The Morgan fingerprint density at radius 1 is 1.26 bits per heavy atom. The number of nitrogens with two attached hydrogens (primary N) is 1. The number of hydrogen-bond donors (Lipinski definition) is 1. The van der Waals surface area contributed by atoms with Crippen molar-refractivity contribution in [1.29, 1.82) is 0 Å². The van der Waals surface area contributed by atoms with Gasteiger partial charge >= 0.3 is 0 Å². The third-order valence-corrected chi connectivity index (χ3v) is 2.48. The molecule has 0 aliphatic carbocycles. The van der Waals surface area contributed by atoms with E-state index in [0.29, 0.717) is 24.7 Å². The lowest BCUT2D eigenvalue weighted by Gasteiger charge is -2.12. The number of ether oxygens (including phenoxy) is 2. The molecule has 4 nitrogen and oxygen atoms in total. The Hall–Kier alpha value is -2.14. The fourth-order valence-corrected chi connectivity index (χ4v) is 1.58. The summed E-state index contributed by atoms with van der Waals surface area (Å²) in [5.74, 6) is 0.337. The van der Waals surface area contributed by atoms with Crippen molar-refractivity contribution in [1.82, 2.24) is 4.98 Å². The van der Waals surface area contributed by atoms with Gasteiger partial charge < -0.3 is 15.2 Å². The minimum atomic E-state index is -0.521. The van der Waals surface area contributed by atoms with Crippen molar-refractivity contribution in [3.63, 3.8) is 0 Å². The number of halogens is 1. The molecule has 0 bridgehead atoms. The van der Waals surface area contributed by atoms with Crippen LogP contribution in [0.1, 0.15) is 12.5 Å². The highest BCUT2D eigenvalue weighted by Gasteiger charge is 2.10. The molecule has 5 heteroatoms. The fourth-order valence-electron chi connectivity index (χ4n) is 1.58. The molecule has 0 unspecified atom stereocenters. The number of nitrogens with zero attached hydrogens (tertiary/aromatic N) is 1. The number of benzene rings is 1. The Morgan fingerprint density at radius 3 is 2.79 bits per heavy atom. The summed E-state index contributed by atoms with van der Waals surface area (Å²) in [6, 6.07) is 8.07. The average molecular weight is 262 g/mol. The van der Waals surface area contributed by atoms with Gasteiger partial charge in [-0.25, -0.2) is 9.37 Å². The fraction of sp³-hybridized carbons (Fsp3) is 0.214. The summed E-state index contributed by atoms with van der Waals surface area (Å²) < 4.78 is 24.4. The molecule has 1 heterocycles. The van der Waals surface area contributed by atoms with Gasteiger partial charge in [-0.15, -0.1) is 0 Å². The Balaban J connectivity index is 2.31. The molecule has 0 radical (unpaired) electrons. The molecule has 2 N–H and O–H groups in total. The molecular weight excluding hydrogens is 247 g/mol. The Morgan fingerprint density at radius 2 is 2.11 bits per heavy atom. The summed E-state index contributed by atoms with van der Waals surface area (Å²) in [5.41, 5.74) is 6.49. The number of hydrogen-bond acceptors (Lipinski definition) is 4. The molecule has 0 spiro atoms. The van der Waals surface area contributed by atoms with Gasteiger partial charge in [0.1, 0.15) is 0 Å². The Bertz CT molecular complexity index is 561. The van der Waals surface area contributed by atoms with E-state index in [9.17, 15) is 4.39 Å².